The summed E-state index contributed by atoms with van der Waals surface area (Å²) in [6, 6.07) is 0. The van der Waals surface area contributed by atoms with Crippen LogP contribution in [-0.2, 0) is 22.4 Å². The predicted octanol–water partition coefficient (Wildman–Crippen LogP) is -0.0645. The van der Waals surface area contributed by atoms with Crippen molar-refractivity contribution in [2.75, 3.05) is 51.7 Å². The fourth-order valence-electron chi connectivity index (χ4n) is 4.21. The van der Waals surface area contributed by atoms with E-state index in [4.69, 9.17) is 4.74 Å². The van der Waals surface area contributed by atoms with Gasteiger partial charge in [-0.3, -0.25) is 4.79 Å². The number of methoxy groups -OCH3 is 1. The number of anilines is 1. The van der Waals surface area contributed by atoms with E-state index in [1.54, 1.807) is 16.2 Å². The number of carbonyl (C=O) groups is 2. The Morgan fingerprint density at radius 3 is 2.37 bits per heavy atom. The van der Waals surface area contributed by atoms with Gasteiger partial charge in [0, 0.05) is 4.88 Å². The largest absolute Gasteiger partial charge is 0.465 e. The Kier molecular flexibility index (Phi) is 7.26. The van der Waals surface area contributed by atoms with Gasteiger partial charge in [-0.25, -0.2) is 4.79 Å². The van der Waals surface area contributed by atoms with E-state index in [0.717, 1.165) is 64.0 Å². The first-order valence-electron chi connectivity index (χ1n) is 10.3. The third-order valence-corrected chi connectivity index (χ3v) is 7.10. The Morgan fingerprint density at radius 2 is 1.70 bits per heavy atom. The van der Waals surface area contributed by atoms with Crippen LogP contribution in [0.2, 0.25) is 0 Å². The number of hydrogen-bond acceptors (Lipinski definition) is 4. The van der Waals surface area contributed by atoms with Crippen LogP contribution in [0.3, 0.4) is 0 Å². The standard InChI is InChI=1S/C20H31N3O3S/c1-3-22-10-12-23(13-11-22)14-17(24)21-19-18(20(25)26-2)15-8-6-4-5-7-9-16(15)27-19/h3-14H2,1-2H3,(H,21,24)/p+2. The molecular formula is C20H33N3O3S+2. The van der Waals surface area contributed by atoms with Gasteiger partial charge >= 0.3 is 5.97 Å². The lowest BCUT2D eigenvalue weighted by molar-refractivity contribution is -1.01. The summed E-state index contributed by atoms with van der Waals surface area (Å²) in [6.45, 7) is 8.15. The molecule has 150 valence electrons. The highest BCUT2D eigenvalue weighted by atomic mass is 32.1. The maximum atomic E-state index is 12.7. The molecule has 6 nitrogen and oxygen atoms in total. The highest BCUT2D eigenvalue weighted by molar-refractivity contribution is 7.17. The van der Waals surface area contributed by atoms with Gasteiger partial charge in [0.1, 0.15) is 31.2 Å². The van der Waals surface area contributed by atoms with E-state index in [1.807, 2.05) is 0 Å². The Balaban J connectivity index is 1.70. The van der Waals surface area contributed by atoms with Crippen molar-refractivity contribution in [1.29, 1.82) is 0 Å². The summed E-state index contributed by atoms with van der Waals surface area (Å²) in [5, 5.41) is 3.74. The molecule has 7 heteroatoms. The molecule has 1 saturated heterocycles. The number of rotatable bonds is 5. The van der Waals surface area contributed by atoms with E-state index in [2.05, 4.69) is 12.2 Å². The first-order chi connectivity index (χ1) is 13.1. The maximum Gasteiger partial charge on any atom is 0.341 e. The van der Waals surface area contributed by atoms with Crippen molar-refractivity contribution in [1.82, 2.24) is 0 Å². The average molecular weight is 396 g/mol. The zero-order valence-corrected chi connectivity index (χ0v) is 17.4. The monoisotopic (exact) mass is 395 g/mol. The van der Waals surface area contributed by atoms with Crippen molar-refractivity contribution in [3.8, 4) is 0 Å². The van der Waals surface area contributed by atoms with Gasteiger partial charge in [0.25, 0.3) is 5.91 Å². The van der Waals surface area contributed by atoms with Gasteiger partial charge in [-0.05, 0) is 38.2 Å². The second-order valence-electron chi connectivity index (χ2n) is 7.69. The highest BCUT2D eigenvalue weighted by Crippen LogP contribution is 2.37. The normalized spacial score (nSPS) is 23.0. The van der Waals surface area contributed by atoms with Crippen LogP contribution in [-0.4, -0.2) is 58.3 Å². The Morgan fingerprint density at radius 1 is 1.04 bits per heavy atom. The molecule has 27 heavy (non-hydrogen) atoms. The van der Waals surface area contributed by atoms with Gasteiger partial charge in [0.15, 0.2) is 6.54 Å². The molecule has 0 atom stereocenters. The fraction of sp³-hybridized carbons (Fsp3) is 0.700. The molecule has 2 heterocycles. The van der Waals surface area contributed by atoms with Gasteiger partial charge in [-0.2, -0.15) is 0 Å². The van der Waals surface area contributed by atoms with Crippen LogP contribution in [0.25, 0.3) is 0 Å². The minimum absolute atomic E-state index is 0.00400. The van der Waals surface area contributed by atoms with E-state index in [9.17, 15) is 9.59 Å². The number of carbonyl (C=O) groups excluding carboxylic acids is 2. The molecule has 1 aliphatic carbocycles. The van der Waals surface area contributed by atoms with Crippen LogP contribution in [0, 0.1) is 0 Å². The number of nitrogens with one attached hydrogen (secondary N) is 3. The van der Waals surface area contributed by atoms with Crippen molar-refractivity contribution in [3.63, 3.8) is 0 Å². The summed E-state index contributed by atoms with van der Waals surface area (Å²) in [4.78, 5) is 29.3. The number of piperazine rings is 1. The molecule has 2 aliphatic rings. The first-order valence-corrected chi connectivity index (χ1v) is 11.1. The van der Waals surface area contributed by atoms with Crippen molar-refractivity contribution in [3.05, 3.63) is 16.0 Å². The molecule has 0 radical (unpaired) electrons. The molecule has 0 unspecified atom stereocenters. The molecule has 1 aromatic heterocycles. The zero-order valence-electron chi connectivity index (χ0n) is 16.6. The second-order valence-corrected chi connectivity index (χ2v) is 8.80. The Labute approximate surface area is 165 Å². The van der Waals surface area contributed by atoms with Gasteiger partial charge in [0.05, 0.1) is 19.2 Å². The predicted molar refractivity (Wildman–Crippen MR) is 107 cm³/mol. The highest BCUT2D eigenvalue weighted by Gasteiger charge is 2.28. The number of esters is 1. The molecule has 1 amide bonds. The molecule has 1 fully saturated rings. The third-order valence-electron chi connectivity index (χ3n) is 5.89. The van der Waals surface area contributed by atoms with E-state index < -0.39 is 0 Å². The molecule has 0 aromatic carbocycles. The number of hydrogen-bond donors (Lipinski definition) is 3. The van der Waals surface area contributed by atoms with Gasteiger partial charge in [0.2, 0.25) is 0 Å². The lowest BCUT2D eigenvalue weighted by Gasteiger charge is -2.28. The lowest BCUT2D eigenvalue weighted by Crippen LogP contribution is -3.28. The molecular weight excluding hydrogens is 362 g/mol. The molecule has 1 aromatic rings. The number of ether oxygens (including phenoxy) is 1. The van der Waals surface area contributed by atoms with Crippen molar-refractivity contribution < 1.29 is 24.1 Å². The number of thiophene rings is 1. The Hall–Kier alpha value is -1.44. The van der Waals surface area contributed by atoms with Gasteiger partial charge < -0.3 is 19.9 Å². The summed E-state index contributed by atoms with van der Waals surface area (Å²) in [6.07, 6.45) is 6.57. The molecule has 1 aliphatic heterocycles. The van der Waals surface area contributed by atoms with Crippen LogP contribution in [0.15, 0.2) is 0 Å². The summed E-state index contributed by atoms with van der Waals surface area (Å²) in [7, 11) is 1.42. The fourth-order valence-corrected chi connectivity index (χ4v) is 5.50. The number of fused-ring (bicyclic) bond motifs is 1. The van der Waals surface area contributed by atoms with Crippen molar-refractivity contribution in [2.45, 2.75) is 45.4 Å². The summed E-state index contributed by atoms with van der Waals surface area (Å²) in [5.74, 6) is -0.319. The van der Waals surface area contributed by atoms with E-state index >= 15 is 0 Å². The van der Waals surface area contributed by atoms with Crippen molar-refractivity contribution in [2.24, 2.45) is 0 Å². The van der Waals surface area contributed by atoms with Crippen LogP contribution in [0.5, 0.6) is 0 Å². The van der Waals surface area contributed by atoms with E-state index in [1.165, 1.54) is 29.7 Å². The first kappa shape index (κ1) is 20.3. The van der Waals surface area contributed by atoms with Gasteiger partial charge in [-0.15, -0.1) is 11.3 Å². The quantitative estimate of drug-likeness (QED) is 0.612. The minimum Gasteiger partial charge on any atom is -0.465 e. The molecule has 3 N–H and O–H groups in total. The maximum absolute atomic E-state index is 12.7. The van der Waals surface area contributed by atoms with Crippen LogP contribution < -0.4 is 15.1 Å². The summed E-state index contributed by atoms with van der Waals surface area (Å²) in [5.41, 5.74) is 1.71. The number of amides is 1. The number of quaternary nitrogens is 2. The number of aryl methyl sites for hydroxylation is 1. The molecule has 0 saturated carbocycles. The zero-order chi connectivity index (χ0) is 19.2. The summed E-state index contributed by atoms with van der Waals surface area (Å²) >= 11 is 1.58. The lowest BCUT2D eigenvalue weighted by atomic mass is 9.96. The number of likely N-dealkylation sites (N-methyl/N-ethyl adjacent to an activating group) is 1. The second kappa shape index (κ2) is 9.66. The third kappa shape index (κ3) is 5.09. The average Bonchev–Trinajstić information content (AvgIpc) is 2.97. The SMILES string of the molecule is CC[NH+]1CC[NH+](CC(=O)Nc2sc3c(c2C(=O)OC)CCCCCC3)CC1. The van der Waals surface area contributed by atoms with Crippen LogP contribution in [0.1, 0.15) is 53.4 Å². The topological polar surface area (TPSA) is 64.3 Å². The van der Waals surface area contributed by atoms with E-state index in [-0.39, 0.29) is 11.9 Å². The Bertz CT molecular complexity index is 666. The van der Waals surface area contributed by atoms with Crippen LogP contribution in [0.4, 0.5) is 5.00 Å². The molecule has 0 spiro atoms. The van der Waals surface area contributed by atoms with Crippen molar-refractivity contribution >= 4 is 28.2 Å². The summed E-state index contributed by atoms with van der Waals surface area (Å²) < 4.78 is 5.04. The van der Waals surface area contributed by atoms with Crippen LogP contribution >= 0.6 is 11.3 Å². The minimum atomic E-state index is -0.323. The van der Waals surface area contributed by atoms with Gasteiger partial charge in [-0.1, -0.05) is 12.8 Å². The molecule has 0 bridgehead atoms. The van der Waals surface area contributed by atoms with E-state index in [0.29, 0.717) is 17.1 Å². The smallest absolute Gasteiger partial charge is 0.341 e. The molecule has 3 rings (SSSR count).